The van der Waals surface area contributed by atoms with Crippen LogP contribution in [-0.2, 0) is 11.3 Å². The lowest BCUT2D eigenvalue weighted by atomic mass is 10.2. The Bertz CT molecular complexity index is 610. The third kappa shape index (κ3) is 10.2. The number of rotatable bonds is 7. The second-order valence-electron chi connectivity index (χ2n) is 7.77. The number of nitrogens with one attached hydrogen (secondary N) is 2. The standard InChI is InChI=1S/C19H34N6O3.HI/c1-5-20-17(21-8-6-9-22-18(26)28-19(2,3)4)25-12-10-24(11-13-25)15-16-7-14-27-23-16;/h7,14H,5-6,8-13,15H2,1-4H3,(H,20,21)(H,22,26);1H. The van der Waals surface area contributed by atoms with Crippen LogP contribution < -0.4 is 10.6 Å². The lowest BCUT2D eigenvalue weighted by molar-refractivity contribution is 0.0527. The summed E-state index contributed by atoms with van der Waals surface area (Å²) in [5.74, 6) is 0.931. The van der Waals surface area contributed by atoms with Gasteiger partial charge in [-0.05, 0) is 34.1 Å². The van der Waals surface area contributed by atoms with E-state index in [4.69, 9.17) is 14.3 Å². The number of aromatic nitrogens is 1. The van der Waals surface area contributed by atoms with Crippen molar-refractivity contribution in [2.75, 3.05) is 45.8 Å². The van der Waals surface area contributed by atoms with Crippen molar-refractivity contribution in [2.45, 2.75) is 46.3 Å². The van der Waals surface area contributed by atoms with Crippen LogP contribution >= 0.6 is 24.0 Å². The molecular formula is C19H35IN6O3. The molecule has 1 aliphatic rings. The van der Waals surface area contributed by atoms with E-state index < -0.39 is 5.60 Å². The first-order valence-corrected chi connectivity index (χ1v) is 9.99. The van der Waals surface area contributed by atoms with Gasteiger partial charge < -0.3 is 24.8 Å². The molecule has 1 aromatic rings. The highest BCUT2D eigenvalue weighted by atomic mass is 127. The van der Waals surface area contributed by atoms with Crippen LogP contribution in [0.5, 0.6) is 0 Å². The summed E-state index contributed by atoms with van der Waals surface area (Å²) in [6.45, 7) is 14.2. The highest BCUT2D eigenvalue weighted by Gasteiger charge is 2.20. The van der Waals surface area contributed by atoms with Crippen LogP contribution in [0.4, 0.5) is 4.79 Å². The Labute approximate surface area is 190 Å². The quantitative estimate of drug-likeness (QED) is 0.246. The number of alkyl carbamates (subject to hydrolysis) is 1. The van der Waals surface area contributed by atoms with Crippen LogP contribution in [0.2, 0.25) is 0 Å². The van der Waals surface area contributed by atoms with Crippen LogP contribution in [-0.4, -0.2) is 78.4 Å². The van der Waals surface area contributed by atoms with Crippen molar-refractivity contribution < 1.29 is 14.1 Å². The fourth-order valence-corrected chi connectivity index (χ4v) is 2.86. The zero-order valence-electron chi connectivity index (χ0n) is 17.9. The van der Waals surface area contributed by atoms with Crippen molar-refractivity contribution in [1.29, 1.82) is 0 Å². The van der Waals surface area contributed by atoms with E-state index in [-0.39, 0.29) is 30.1 Å². The van der Waals surface area contributed by atoms with E-state index in [0.717, 1.165) is 57.3 Å². The molecule has 2 rings (SSSR count). The van der Waals surface area contributed by atoms with Gasteiger partial charge in [0.05, 0.1) is 5.69 Å². The molecule has 0 aliphatic carbocycles. The first kappa shape index (κ1) is 25.5. The molecule has 0 saturated carbocycles. The third-order valence-electron chi connectivity index (χ3n) is 4.15. The summed E-state index contributed by atoms with van der Waals surface area (Å²) >= 11 is 0. The summed E-state index contributed by atoms with van der Waals surface area (Å²) in [5, 5.41) is 10.1. The van der Waals surface area contributed by atoms with Crippen LogP contribution in [0.3, 0.4) is 0 Å². The molecule has 9 nitrogen and oxygen atoms in total. The van der Waals surface area contributed by atoms with Crippen LogP contribution in [0.15, 0.2) is 21.8 Å². The number of halogens is 1. The Balaban J connectivity index is 0.00000420. The van der Waals surface area contributed by atoms with Gasteiger partial charge in [-0.3, -0.25) is 9.89 Å². The van der Waals surface area contributed by atoms with Gasteiger partial charge >= 0.3 is 6.09 Å². The van der Waals surface area contributed by atoms with E-state index in [1.54, 1.807) is 6.26 Å². The monoisotopic (exact) mass is 522 g/mol. The molecule has 0 unspecified atom stereocenters. The average Bonchev–Trinajstić information content (AvgIpc) is 3.13. The number of carbonyl (C=O) groups is 1. The second-order valence-corrected chi connectivity index (χ2v) is 7.77. The molecule has 0 atom stereocenters. The highest BCUT2D eigenvalue weighted by molar-refractivity contribution is 14.0. The van der Waals surface area contributed by atoms with Crippen LogP contribution in [0.1, 0.15) is 39.8 Å². The maximum Gasteiger partial charge on any atom is 0.407 e. The fraction of sp³-hybridized carbons (Fsp3) is 0.737. The van der Waals surface area contributed by atoms with Crippen LogP contribution in [0.25, 0.3) is 0 Å². The molecule has 0 aromatic carbocycles. The molecule has 1 saturated heterocycles. The van der Waals surface area contributed by atoms with Gasteiger partial charge in [0, 0.05) is 58.4 Å². The number of ether oxygens (including phenoxy) is 1. The fourth-order valence-electron chi connectivity index (χ4n) is 2.86. The maximum atomic E-state index is 11.6. The number of aliphatic imine (C=N–C) groups is 1. The van der Waals surface area contributed by atoms with E-state index >= 15 is 0 Å². The molecule has 2 N–H and O–H groups in total. The number of guanidine groups is 1. The predicted octanol–water partition coefficient (Wildman–Crippen LogP) is 2.29. The lowest BCUT2D eigenvalue weighted by Gasteiger charge is -2.36. The molecule has 0 spiro atoms. The number of hydrogen-bond donors (Lipinski definition) is 2. The van der Waals surface area contributed by atoms with Gasteiger partial charge in [0.25, 0.3) is 0 Å². The van der Waals surface area contributed by atoms with Gasteiger partial charge in [-0.15, -0.1) is 24.0 Å². The molecule has 10 heteroatoms. The molecule has 0 bridgehead atoms. The van der Waals surface area contributed by atoms with E-state index in [1.165, 1.54) is 0 Å². The summed E-state index contributed by atoms with van der Waals surface area (Å²) in [5.41, 5.74) is 0.488. The summed E-state index contributed by atoms with van der Waals surface area (Å²) in [7, 11) is 0. The number of carbonyl (C=O) groups excluding carboxylic acids is 1. The number of hydrogen-bond acceptors (Lipinski definition) is 6. The van der Waals surface area contributed by atoms with E-state index in [1.807, 2.05) is 26.8 Å². The van der Waals surface area contributed by atoms with Crippen molar-refractivity contribution in [1.82, 2.24) is 25.6 Å². The minimum Gasteiger partial charge on any atom is -0.444 e. The SMILES string of the molecule is CCNC(=NCCCNC(=O)OC(C)(C)C)N1CCN(Cc2ccon2)CC1.I. The zero-order valence-corrected chi connectivity index (χ0v) is 20.3. The molecular weight excluding hydrogens is 487 g/mol. The molecule has 1 aromatic heterocycles. The molecule has 1 aliphatic heterocycles. The normalized spacial score (nSPS) is 15.6. The molecule has 2 heterocycles. The maximum absolute atomic E-state index is 11.6. The zero-order chi connectivity index (χ0) is 20.4. The Morgan fingerprint density at radius 3 is 2.59 bits per heavy atom. The van der Waals surface area contributed by atoms with Gasteiger partial charge in [0.1, 0.15) is 11.9 Å². The summed E-state index contributed by atoms with van der Waals surface area (Å²) in [4.78, 5) is 21.0. The first-order valence-electron chi connectivity index (χ1n) is 9.99. The van der Waals surface area contributed by atoms with E-state index in [2.05, 4.69) is 32.5 Å². The van der Waals surface area contributed by atoms with Crippen molar-refractivity contribution in [3.05, 3.63) is 18.0 Å². The highest BCUT2D eigenvalue weighted by Crippen LogP contribution is 2.08. The van der Waals surface area contributed by atoms with Crippen molar-refractivity contribution >= 4 is 36.0 Å². The third-order valence-corrected chi connectivity index (χ3v) is 4.15. The largest absolute Gasteiger partial charge is 0.444 e. The Kier molecular flexibility index (Phi) is 11.3. The Morgan fingerprint density at radius 1 is 1.28 bits per heavy atom. The van der Waals surface area contributed by atoms with Crippen molar-refractivity contribution in [3.8, 4) is 0 Å². The second kappa shape index (κ2) is 12.9. The van der Waals surface area contributed by atoms with Crippen molar-refractivity contribution in [3.63, 3.8) is 0 Å². The number of nitrogens with zero attached hydrogens (tertiary/aromatic N) is 4. The summed E-state index contributed by atoms with van der Waals surface area (Å²) in [6.07, 6.45) is 1.99. The van der Waals surface area contributed by atoms with Crippen LogP contribution in [0, 0.1) is 0 Å². The van der Waals surface area contributed by atoms with Gasteiger partial charge in [0.15, 0.2) is 5.96 Å². The molecule has 0 radical (unpaired) electrons. The molecule has 1 amide bonds. The minimum absolute atomic E-state index is 0. The Hall–Kier alpha value is -1.56. The summed E-state index contributed by atoms with van der Waals surface area (Å²) < 4.78 is 10.1. The summed E-state index contributed by atoms with van der Waals surface area (Å²) in [6, 6.07) is 1.91. The molecule has 1 fully saturated rings. The van der Waals surface area contributed by atoms with Crippen molar-refractivity contribution in [2.24, 2.45) is 4.99 Å². The predicted molar refractivity (Wildman–Crippen MR) is 124 cm³/mol. The van der Waals surface area contributed by atoms with E-state index in [0.29, 0.717) is 13.1 Å². The smallest absolute Gasteiger partial charge is 0.407 e. The number of piperazine rings is 1. The van der Waals surface area contributed by atoms with Gasteiger partial charge in [-0.1, -0.05) is 5.16 Å². The molecule has 166 valence electrons. The lowest BCUT2D eigenvalue weighted by Crippen LogP contribution is -2.52. The number of amides is 1. The minimum atomic E-state index is -0.476. The topological polar surface area (TPSA) is 95.2 Å². The average molecular weight is 522 g/mol. The molecule has 29 heavy (non-hydrogen) atoms. The van der Waals surface area contributed by atoms with Gasteiger partial charge in [-0.25, -0.2) is 4.79 Å². The van der Waals surface area contributed by atoms with Gasteiger partial charge in [-0.2, -0.15) is 0 Å². The Morgan fingerprint density at radius 2 is 2.00 bits per heavy atom. The first-order chi connectivity index (χ1) is 13.4. The van der Waals surface area contributed by atoms with Gasteiger partial charge in [0.2, 0.25) is 0 Å². The van der Waals surface area contributed by atoms with E-state index in [9.17, 15) is 4.79 Å².